The molecule has 8 heteroatoms. The highest BCUT2D eigenvalue weighted by atomic mass is 35.5. The van der Waals surface area contributed by atoms with Gasteiger partial charge in [0.05, 0.1) is 31.4 Å². The van der Waals surface area contributed by atoms with Gasteiger partial charge in [0.1, 0.15) is 11.5 Å². The van der Waals surface area contributed by atoms with Crippen molar-refractivity contribution in [1.82, 2.24) is 9.80 Å². The average molecular weight is 471 g/mol. The number of hydrogen-bond acceptors (Lipinski definition) is 6. The maximum Gasteiger partial charge on any atom is 0.295 e. The molecule has 1 amide bonds. The first-order chi connectivity index (χ1) is 16.0. The number of ether oxygens (including phenoxy) is 2. The van der Waals surface area contributed by atoms with E-state index in [1.54, 1.807) is 29.2 Å². The first-order valence-corrected chi connectivity index (χ1v) is 11.4. The molecule has 2 fully saturated rings. The molecule has 1 atom stereocenters. The van der Waals surface area contributed by atoms with Gasteiger partial charge in [-0.3, -0.25) is 14.5 Å². The molecule has 4 rings (SSSR count). The van der Waals surface area contributed by atoms with Gasteiger partial charge in [0.25, 0.3) is 11.7 Å². The van der Waals surface area contributed by atoms with Gasteiger partial charge in [-0.15, -0.1) is 0 Å². The van der Waals surface area contributed by atoms with Gasteiger partial charge in [0.2, 0.25) is 0 Å². The van der Waals surface area contributed by atoms with Crippen LogP contribution in [0.5, 0.6) is 5.75 Å². The molecule has 174 valence electrons. The summed E-state index contributed by atoms with van der Waals surface area (Å²) < 4.78 is 11.0. The fourth-order valence-electron chi connectivity index (χ4n) is 4.24. The molecule has 0 bridgehead atoms. The van der Waals surface area contributed by atoms with Gasteiger partial charge in [0.15, 0.2) is 0 Å². The van der Waals surface area contributed by atoms with Gasteiger partial charge in [-0.25, -0.2) is 0 Å². The number of hydrogen-bond donors (Lipinski definition) is 1. The maximum atomic E-state index is 13.1. The summed E-state index contributed by atoms with van der Waals surface area (Å²) in [6.45, 7) is 6.19. The van der Waals surface area contributed by atoms with E-state index in [1.807, 2.05) is 31.2 Å². The molecule has 0 aromatic heterocycles. The lowest BCUT2D eigenvalue weighted by Crippen LogP contribution is -2.42. The van der Waals surface area contributed by atoms with Crippen LogP contribution in [0.4, 0.5) is 0 Å². The largest absolute Gasteiger partial charge is 0.507 e. The number of halogens is 1. The van der Waals surface area contributed by atoms with Crippen molar-refractivity contribution in [3.8, 4) is 5.75 Å². The summed E-state index contributed by atoms with van der Waals surface area (Å²) in [7, 11) is 0. The Morgan fingerprint density at radius 3 is 2.55 bits per heavy atom. The Bertz CT molecular complexity index is 1050. The van der Waals surface area contributed by atoms with Gasteiger partial charge >= 0.3 is 0 Å². The minimum absolute atomic E-state index is 0.0675. The molecule has 2 aliphatic rings. The predicted molar refractivity (Wildman–Crippen MR) is 125 cm³/mol. The second kappa shape index (κ2) is 10.4. The minimum Gasteiger partial charge on any atom is -0.507 e. The predicted octanol–water partition coefficient (Wildman–Crippen LogP) is 3.49. The number of likely N-dealkylation sites (tertiary alicyclic amines) is 1. The van der Waals surface area contributed by atoms with Crippen LogP contribution in [-0.4, -0.2) is 72.6 Å². The second-order valence-corrected chi connectivity index (χ2v) is 8.40. The summed E-state index contributed by atoms with van der Waals surface area (Å²) in [5.74, 6) is -0.896. The summed E-state index contributed by atoms with van der Waals surface area (Å²) >= 11 is 5.98. The quantitative estimate of drug-likeness (QED) is 0.379. The number of aliphatic hydroxyl groups is 1. The summed E-state index contributed by atoms with van der Waals surface area (Å²) in [6.07, 6.45) is 0. The molecule has 33 heavy (non-hydrogen) atoms. The highest BCUT2D eigenvalue weighted by Crippen LogP contribution is 2.40. The van der Waals surface area contributed by atoms with E-state index in [-0.39, 0.29) is 11.3 Å². The van der Waals surface area contributed by atoms with E-state index in [1.165, 1.54) is 0 Å². The molecule has 2 aliphatic heterocycles. The summed E-state index contributed by atoms with van der Waals surface area (Å²) in [5.41, 5.74) is 1.20. The Hall–Kier alpha value is -2.87. The Morgan fingerprint density at radius 2 is 1.85 bits per heavy atom. The fraction of sp³-hybridized carbons (Fsp3) is 0.360. The monoisotopic (exact) mass is 470 g/mol. The zero-order chi connectivity index (χ0) is 23.4. The summed E-state index contributed by atoms with van der Waals surface area (Å²) in [6, 6.07) is 13.1. The number of carbonyl (C=O) groups is 2. The number of ketones is 1. The van der Waals surface area contributed by atoms with Crippen molar-refractivity contribution in [3.05, 3.63) is 70.3 Å². The lowest BCUT2D eigenvalue weighted by atomic mass is 9.95. The second-order valence-electron chi connectivity index (χ2n) is 7.96. The van der Waals surface area contributed by atoms with Crippen molar-refractivity contribution in [2.24, 2.45) is 0 Å². The Balaban J connectivity index is 1.74. The number of carbonyl (C=O) groups excluding carboxylic acids is 2. The van der Waals surface area contributed by atoms with E-state index in [4.69, 9.17) is 21.1 Å². The third kappa shape index (κ3) is 5.05. The third-order valence-corrected chi connectivity index (χ3v) is 6.16. The molecule has 2 saturated heterocycles. The molecule has 0 spiro atoms. The Labute approximate surface area is 198 Å². The highest BCUT2D eigenvalue weighted by molar-refractivity contribution is 6.46. The lowest BCUT2D eigenvalue weighted by molar-refractivity contribution is -0.140. The van der Waals surface area contributed by atoms with Crippen LogP contribution in [0.1, 0.15) is 24.1 Å². The Morgan fingerprint density at radius 1 is 1.12 bits per heavy atom. The van der Waals surface area contributed by atoms with E-state index in [2.05, 4.69) is 4.90 Å². The van der Waals surface area contributed by atoms with Crippen LogP contribution < -0.4 is 4.74 Å². The fourth-order valence-corrected chi connectivity index (χ4v) is 4.36. The van der Waals surface area contributed by atoms with Gasteiger partial charge in [0, 0.05) is 36.8 Å². The van der Waals surface area contributed by atoms with Crippen LogP contribution in [0.15, 0.2) is 54.1 Å². The first-order valence-electron chi connectivity index (χ1n) is 11.1. The van der Waals surface area contributed by atoms with Crippen molar-refractivity contribution in [2.75, 3.05) is 46.0 Å². The van der Waals surface area contributed by atoms with Crippen LogP contribution >= 0.6 is 11.6 Å². The number of aliphatic hydroxyl groups excluding tert-OH is 1. The van der Waals surface area contributed by atoms with Crippen LogP contribution in [0, 0.1) is 0 Å². The minimum atomic E-state index is -0.720. The van der Waals surface area contributed by atoms with E-state index < -0.39 is 17.7 Å². The highest BCUT2D eigenvalue weighted by Gasteiger charge is 2.46. The third-order valence-electron chi connectivity index (χ3n) is 5.90. The van der Waals surface area contributed by atoms with Crippen molar-refractivity contribution in [3.63, 3.8) is 0 Å². The van der Waals surface area contributed by atoms with E-state index in [0.29, 0.717) is 54.8 Å². The van der Waals surface area contributed by atoms with Crippen LogP contribution in [-0.2, 0) is 14.3 Å². The number of benzene rings is 2. The zero-order valence-corrected chi connectivity index (χ0v) is 19.3. The molecule has 1 unspecified atom stereocenters. The van der Waals surface area contributed by atoms with E-state index >= 15 is 0 Å². The molecule has 1 N–H and O–H groups in total. The van der Waals surface area contributed by atoms with Crippen molar-refractivity contribution >= 4 is 29.1 Å². The zero-order valence-electron chi connectivity index (χ0n) is 18.5. The van der Waals surface area contributed by atoms with E-state index in [9.17, 15) is 14.7 Å². The number of morpholine rings is 1. The number of nitrogens with zero attached hydrogens (tertiary/aromatic N) is 2. The van der Waals surface area contributed by atoms with Crippen LogP contribution in [0.2, 0.25) is 5.02 Å². The van der Waals surface area contributed by atoms with Gasteiger partial charge in [-0.1, -0.05) is 23.7 Å². The lowest BCUT2D eigenvalue weighted by Gasteiger charge is -2.31. The number of amides is 1. The molecule has 0 radical (unpaired) electrons. The smallest absolute Gasteiger partial charge is 0.295 e. The molecule has 7 nitrogen and oxygen atoms in total. The molecule has 2 aromatic rings. The average Bonchev–Trinajstić information content (AvgIpc) is 3.09. The standard InChI is InChI=1S/C25H27ClN2O5/c1-2-33-20-5-3-4-18(16-20)22-21(23(29)17-6-8-19(26)9-7-17)24(30)25(31)28(22)11-10-27-12-14-32-15-13-27/h3-9,16,22,29H,2,10-15H2,1H3/b23-21+. The van der Waals surface area contributed by atoms with Gasteiger partial charge < -0.3 is 19.5 Å². The first kappa shape index (κ1) is 23.3. The van der Waals surface area contributed by atoms with Crippen LogP contribution in [0.3, 0.4) is 0 Å². The Kier molecular flexibility index (Phi) is 7.33. The molecular formula is C25H27ClN2O5. The van der Waals surface area contributed by atoms with Gasteiger partial charge in [-0.2, -0.15) is 0 Å². The normalized spacial score (nSPS) is 20.9. The van der Waals surface area contributed by atoms with E-state index in [0.717, 1.165) is 13.1 Å². The molecule has 0 aliphatic carbocycles. The molecular weight excluding hydrogens is 444 g/mol. The number of rotatable bonds is 7. The maximum absolute atomic E-state index is 13.1. The van der Waals surface area contributed by atoms with Crippen molar-refractivity contribution in [1.29, 1.82) is 0 Å². The van der Waals surface area contributed by atoms with Crippen LogP contribution in [0.25, 0.3) is 5.76 Å². The number of Topliss-reactive ketones (excluding diaryl/α,β-unsaturated/α-hetero) is 1. The summed E-state index contributed by atoms with van der Waals surface area (Å²) in [5, 5.41) is 11.6. The van der Waals surface area contributed by atoms with Crippen molar-refractivity contribution in [2.45, 2.75) is 13.0 Å². The van der Waals surface area contributed by atoms with Gasteiger partial charge in [-0.05, 0) is 48.9 Å². The molecule has 0 saturated carbocycles. The molecule has 2 heterocycles. The van der Waals surface area contributed by atoms with Crippen molar-refractivity contribution < 1.29 is 24.2 Å². The topological polar surface area (TPSA) is 79.3 Å². The molecule has 2 aromatic carbocycles. The summed E-state index contributed by atoms with van der Waals surface area (Å²) in [4.78, 5) is 30.0. The SMILES string of the molecule is CCOc1cccc(C2/C(=C(\O)c3ccc(Cl)cc3)C(=O)C(=O)N2CCN2CCOCC2)c1.